The summed E-state index contributed by atoms with van der Waals surface area (Å²) in [5.74, 6) is 1.07. The Morgan fingerprint density at radius 3 is 3.05 bits per heavy atom. The van der Waals surface area contributed by atoms with Crippen LogP contribution in [0.4, 0.5) is 11.4 Å². The van der Waals surface area contributed by atoms with Gasteiger partial charge < -0.3 is 5.32 Å². The van der Waals surface area contributed by atoms with Crippen molar-refractivity contribution in [3.05, 3.63) is 27.0 Å². The molecule has 104 valence electrons. The molecule has 7 heteroatoms. The van der Waals surface area contributed by atoms with E-state index < -0.39 is 4.92 Å². The molecule has 19 heavy (non-hydrogen) atoms. The molecule has 0 saturated heterocycles. The van der Waals surface area contributed by atoms with Gasteiger partial charge in [0, 0.05) is 17.5 Å². The van der Waals surface area contributed by atoms with Crippen LogP contribution >= 0.6 is 27.7 Å². The standard InChI is InChI=1S/C12H16BrN3O2S/c1-2-19-11-5-3-4-9(11)15-12-8(13)6-14-7-10(12)16(17)18/h6-7,9,11H,2-5H2,1H3,(H,14,15). The fraction of sp³-hybridized carbons (Fsp3) is 0.583. The van der Waals surface area contributed by atoms with Gasteiger partial charge in [-0.3, -0.25) is 15.1 Å². The molecule has 2 atom stereocenters. The summed E-state index contributed by atoms with van der Waals surface area (Å²) in [6.07, 6.45) is 6.29. The van der Waals surface area contributed by atoms with Gasteiger partial charge in [-0.2, -0.15) is 11.8 Å². The predicted octanol–water partition coefficient (Wildman–Crippen LogP) is 3.84. The number of pyridine rings is 1. The van der Waals surface area contributed by atoms with Gasteiger partial charge in [0.25, 0.3) is 0 Å². The van der Waals surface area contributed by atoms with E-state index in [9.17, 15) is 10.1 Å². The Morgan fingerprint density at radius 2 is 2.37 bits per heavy atom. The van der Waals surface area contributed by atoms with E-state index in [4.69, 9.17) is 0 Å². The number of anilines is 1. The lowest BCUT2D eigenvalue weighted by Gasteiger charge is -2.21. The first-order chi connectivity index (χ1) is 9.13. The van der Waals surface area contributed by atoms with Crippen molar-refractivity contribution in [2.75, 3.05) is 11.1 Å². The predicted molar refractivity (Wildman–Crippen MR) is 81.8 cm³/mol. The molecule has 0 spiro atoms. The lowest BCUT2D eigenvalue weighted by Crippen LogP contribution is -2.26. The minimum Gasteiger partial charge on any atom is -0.375 e. The summed E-state index contributed by atoms with van der Waals surface area (Å²) in [6, 6.07) is 0.294. The molecule has 1 aromatic rings. The van der Waals surface area contributed by atoms with E-state index >= 15 is 0 Å². The summed E-state index contributed by atoms with van der Waals surface area (Å²) < 4.78 is 0.647. The minimum absolute atomic E-state index is 0.0292. The number of aromatic nitrogens is 1. The Morgan fingerprint density at radius 1 is 1.58 bits per heavy atom. The van der Waals surface area contributed by atoms with Gasteiger partial charge in [0.15, 0.2) is 0 Å². The summed E-state index contributed by atoms with van der Waals surface area (Å²) in [6.45, 7) is 2.14. The third kappa shape index (κ3) is 3.39. The first-order valence-electron chi connectivity index (χ1n) is 6.29. The van der Waals surface area contributed by atoms with Crippen LogP contribution in [0.5, 0.6) is 0 Å². The van der Waals surface area contributed by atoms with Gasteiger partial charge in [-0.05, 0) is 34.5 Å². The second kappa shape index (κ2) is 6.56. The molecule has 1 fully saturated rings. The van der Waals surface area contributed by atoms with Gasteiger partial charge in [-0.25, -0.2) is 0 Å². The molecule has 5 nitrogen and oxygen atoms in total. The van der Waals surface area contributed by atoms with Crippen molar-refractivity contribution in [2.45, 2.75) is 37.5 Å². The van der Waals surface area contributed by atoms with Crippen molar-refractivity contribution >= 4 is 39.1 Å². The Labute approximate surface area is 124 Å². The normalized spacial score (nSPS) is 22.4. The average molecular weight is 346 g/mol. The number of nitrogens with one attached hydrogen (secondary N) is 1. The molecule has 1 aliphatic carbocycles. The number of hydrogen-bond acceptors (Lipinski definition) is 5. The number of hydrogen-bond donors (Lipinski definition) is 1. The molecular formula is C12H16BrN3O2S. The highest BCUT2D eigenvalue weighted by Crippen LogP contribution is 2.37. The molecule has 2 unspecified atom stereocenters. The molecule has 0 aromatic carbocycles. The first-order valence-corrected chi connectivity index (χ1v) is 8.13. The maximum absolute atomic E-state index is 11.1. The van der Waals surface area contributed by atoms with E-state index in [1.807, 2.05) is 11.8 Å². The van der Waals surface area contributed by atoms with Crippen LogP contribution in [-0.4, -0.2) is 27.0 Å². The third-order valence-corrected chi connectivity index (χ3v) is 5.17. The monoisotopic (exact) mass is 345 g/mol. The van der Waals surface area contributed by atoms with E-state index in [0.717, 1.165) is 12.2 Å². The molecule has 1 aromatic heterocycles. The topological polar surface area (TPSA) is 68.1 Å². The Hall–Kier alpha value is -0.820. The summed E-state index contributed by atoms with van der Waals surface area (Å²) >= 11 is 5.27. The molecule has 0 bridgehead atoms. The van der Waals surface area contributed by atoms with Crippen molar-refractivity contribution in [1.29, 1.82) is 0 Å². The Balaban J connectivity index is 2.20. The van der Waals surface area contributed by atoms with Gasteiger partial charge >= 0.3 is 5.69 Å². The van der Waals surface area contributed by atoms with Crippen LogP contribution in [0.3, 0.4) is 0 Å². The van der Waals surface area contributed by atoms with Crippen molar-refractivity contribution in [1.82, 2.24) is 4.98 Å². The third-order valence-electron chi connectivity index (χ3n) is 3.24. The number of thioether (sulfide) groups is 1. The smallest absolute Gasteiger partial charge is 0.311 e. The molecule has 1 heterocycles. The molecule has 0 radical (unpaired) electrons. The van der Waals surface area contributed by atoms with Gasteiger partial charge in [-0.15, -0.1) is 0 Å². The summed E-state index contributed by atoms with van der Waals surface area (Å²) in [7, 11) is 0. The first kappa shape index (κ1) is 14.6. The molecule has 0 aliphatic heterocycles. The van der Waals surface area contributed by atoms with Crippen LogP contribution in [0, 0.1) is 10.1 Å². The van der Waals surface area contributed by atoms with E-state index in [0.29, 0.717) is 21.5 Å². The van der Waals surface area contributed by atoms with Crippen LogP contribution in [0.2, 0.25) is 0 Å². The van der Waals surface area contributed by atoms with Gasteiger partial charge in [0.05, 0.1) is 9.40 Å². The summed E-state index contributed by atoms with van der Waals surface area (Å²) in [5.41, 5.74) is 0.579. The van der Waals surface area contributed by atoms with Crippen molar-refractivity contribution in [3.8, 4) is 0 Å². The molecule has 0 amide bonds. The quantitative estimate of drug-likeness (QED) is 0.648. The van der Waals surface area contributed by atoms with E-state index in [-0.39, 0.29) is 5.69 Å². The van der Waals surface area contributed by atoms with Gasteiger partial charge in [0.2, 0.25) is 0 Å². The molecular weight excluding hydrogens is 330 g/mol. The lowest BCUT2D eigenvalue weighted by molar-refractivity contribution is -0.384. The second-order valence-corrected chi connectivity index (χ2v) is 6.82. The summed E-state index contributed by atoms with van der Waals surface area (Å²) in [5, 5.41) is 14.9. The summed E-state index contributed by atoms with van der Waals surface area (Å²) in [4.78, 5) is 14.5. The maximum atomic E-state index is 11.1. The van der Waals surface area contributed by atoms with Gasteiger partial charge in [-0.1, -0.05) is 13.3 Å². The molecule has 1 aliphatic rings. The zero-order valence-corrected chi connectivity index (χ0v) is 13.0. The van der Waals surface area contributed by atoms with E-state index in [1.165, 1.54) is 19.0 Å². The van der Waals surface area contributed by atoms with Crippen LogP contribution in [0.1, 0.15) is 26.2 Å². The fourth-order valence-corrected chi connectivity index (χ4v) is 4.03. The maximum Gasteiger partial charge on any atom is 0.311 e. The average Bonchev–Trinajstić information content (AvgIpc) is 2.79. The highest BCUT2D eigenvalue weighted by atomic mass is 79.9. The van der Waals surface area contributed by atoms with Crippen LogP contribution < -0.4 is 5.32 Å². The highest BCUT2D eigenvalue weighted by molar-refractivity contribution is 9.10. The van der Waals surface area contributed by atoms with Crippen LogP contribution in [0.15, 0.2) is 16.9 Å². The Bertz CT molecular complexity index is 472. The molecule has 1 saturated carbocycles. The zero-order chi connectivity index (χ0) is 13.8. The fourth-order valence-electron chi connectivity index (χ4n) is 2.40. The van der Waals surface area contributed by atoms with E-state index in [1.54, 1.807) is 6.20 Å². The minimum atomic E-state index is -0.392. The van der Waals surface area contributed by atoms with Crippen molar-refractivity contribution < 1.29 is 4.92 Å². The van der Waals surface area contributed by atoms with E-state index in [2.05, 4.69) is 33.2 Å². The second-order valence-electron chi connectivity index (χ2n) is 4.45. The number of nitrogens with zero attached hydrogens (tertiary/aromatic N) is 2. The van der Waals surface area contributed by atoms with Crippen LogP contribution in [-0.2, 0) is 0 Å². The number of halogens is 1. The van der Waals surface area contributed by atoms with Crippen molar-refractivity contribution in [2.24, 2.45) is 0 Å². The lowest BCUT2D eigenvalue weighted by atomic mass is 10.2. The van der Waals surface area contributed by atoms with Crippen molar-refractivity contribution in [3.63, 3.8) is 0 Å². The SMILES string of the molecule is CCSC1CCCC1Nc1c(Br)cncc1[N+](=O)[O-]. The molecule has 1 N–H and O–H groups in total. The Kier molecular flexibility index (Phi) is 5.04. The number of rotatable bonds is 5. The van der Waals surface area contributed by atoms with Crippen LogP contribution in [0.25, 0.3) is 0 Å². The van der Waals surface area contributed by atoms with Gasteiger partial charge in [0.1, 0.15) is 11.9 Å². The zero-order valence-electron chi connectivity index (χ0n) is 10.6. The largest absolute Gasteiger partial charge is 0.375 e. The highest BCUT2D eigenvalue weighted by Gasteiger charge is 2.29. The molecule has 2 rings (SSSR count). The number of nitro groups is 1.